The van der Waals surface area contributed by atoms with Crippen LogP contribution in [0.2, 0.25) is 0 Å². The second kappa shape index (κ2) is 15.6. The van der Waals surface area contributed by atoms with Crippen molar-refractivity contribution in [1.82, 2.24) is 15.2 Å². The number of phenols is 1. The van der Waals surface area contributed by atoms with Crippen LogP contribution in [-0.2, 0) is 30.6 Å². The first kappa shape index (κ1) is 35.8. The van der Waals surface area contributed by atoms with Crippen LogP contribution in [0.3, 0.4) is 0 Å². The van der Waals surface area contributed by atoms with Gasteiger partial charge in [-0.25, -0.2) is 9.78 Å². The fraction of sp³-hybridized carbons (Fsp3) is 0.372. The van der Waals surface area contributed by atoms with E-state index in [9.17, 15) is 24.9 Å². The topological polar surface area (TPSA) is 151 Å². The van der Waals surface area contributed by atoms with E-state index in [0.29, 0.717) is 55.4 Å². The van der Waals surface area contributed by atoms with E-state index in [1.807, 2.05) is 48.5 Å². The normalized spacial score (nSPS) is 19.7. The largest absolute Gasteiger partial charge is 0.506 e. The molecular formula is C43H47N5O6. The lowest BCUT2D eigenvalue weighted by molar-refractivity contribution is -0.116. The van der Waals surface area contributed by atoms with Gasteiger partial charge in [0.15, 0.2) is 11.5 Å². The predicted octanol–water partition coefficient (Wildman–Crippen LogP) is 7.05. The minimum atomic E-state index is -0.889. The van der Waals surface area contributed by atoms with Gasteiger partial charge in [-0.2, -0.15) is 0 Å². The minimum Gasteiger partial charge on any atom is -0.506 e. The summed E-state index contributed by atoms with van der Waals surface area (Å²) in [4.78, 5) is 33.6. The van der Waals surface area contributed by atoms with Crippen LogP contribution in [0.5, 0.6) is 5.75 Å². The Morgan fingerprint density at radius 3 is 2.56 bits per heavy atom. The predicted molar refractivity (Wildman–Crippen MR) is 208 cm³/mol. The molecule has 0 aliphatic carbocycles. The second-order valence-electron chi connectivity index (χ2n) is 14.9. The maximum absolute atomic E-state index is 12.9. The highest BCUT2D eigenvalue weighted by Gasteiger charge is 2.41. The number of carbonyl (C=O) groups is 2. The molecule has 5 aromatic rings. The fourth-order valence-corrected chi connectivity index (χ4v) is 8.56. The van der Waals surface area contributed by atoms with E-state index in [0.717, 1.165) is 96.3 Å². The van der Waals surface area contributed by atoms with Crippen LogP contribution in [0.1, 0.15) is 66.4 Å². The first-order valence-corrected chi connectivity index (χ1v) is 19.2. The highest BCUT2D eigenvalue weighted by atomic mass is 16.4. The Bertz CT molecular complexity index is 2140. The molecule has 0 radical (unpaired) electrons. The van der Waals surface area contributed by atoms with E-state index in [1.165, 1.54) is 6.07 Å². The number of phenolic OH excluding ortho intramolecular Hbond substituents is 1. The van der Waals surface area contributed by atoms with Crippen LogP contribution in [-0.4, -0.2) is 69.4 Å². The number of oxazole rings is 1. The highest BCUT2D eigenvalue weighted by molar-refractivity contribution is 5.96. The molecule has 4 aliphatic heterocycles. The summed E-state index contributed by atoms with van der Waals surface area (Å²) in [5.74, 6) is 0.936. The lowest BCUT2D eigenvalue weighted by Crippen LogP contribution is -2.59. The van der Waals surface area contributed by atoms with E-state index in [-0.39, 0.29) is 17.7 Å². The zero-order chi connectivity index (χ0) is 37.2. The monoisotopic (exact) mass is 729 g/mol. The molecule has 2 amide bonds. The Labute approximate surface area is 314 Å². The number of aromatic nitrogens is 1. The number of benzene rings is 4. The molecule has 3 fully saturated rings. The number of anilines is 2. The number of carboxylic acid groups (broad SMARTS) is 1. The molecule has 2 atom stereocenters. The molecule has 2 bridgehead atoms. The first-order valence-electron chi connectivity index (χ1n) is 19.2. The van der Waals surface area contributed by atoms with E-state index in [1.54, 1.807) is 11.0 Å². The Kier molecular flexibility index (Phi) is 10.4. The molecule has 0 spiro atoms. The van der Waals surface area contributed by atoms with Gasteiger partial charge < -0.3 is 35.3 Å². The summed E-state index contributed by atoms with van der Waals surface area (Å²) >= 11 is 0. The maximum atomic E-state index is 12.9. The highest BCUT2D eigenvalue weighted by Crippen LogP contribution is 2.39. The molecule has 1 aromatic heterocycles. The Balaban J connectivity index is 0.885. The van der Waals surface area contributed by atoms with Gasteiger partial charge in [0.1, 0.15) is 11.3 Å². The van der Waals surface area contributed by atoms with Crippen LogP contribution in [0, 0.1) is 5.92 Å². The summed E-state index contributed by atoms with van der Waals surface area (Å²) < 4.78 is 6.08. The van der Waals surface area contributed by atoms with Crippen LogP contribution >= 0.6 is 0 Å². The van der Waals surface area contributed by atoms with Crippen molar-refractivity contribution in [2.45, 2.75) is 70.1 Å². The van der Waals surface area contributed by atoms with Gasteiger partial charge in [0, 0.05) is 38.0 Å². The van der Waals surface area contributed by atoms with E-state index < -0.39 is 12.2 Å². The van der Waals surface area contributed by atoms with Crippen molar-refractivity contribution in [3.63, 3.8) is 0 Å². The summed E-state index contributed by atoms with van der Waals surface area (Å²) in [6, 6.07) is 25.5. The van der Waals surface area contributed by atoms with Crippen LogP contribution < -0.4 is 15.5 Å². The molecule has 11 heteroatoms. The number of aromatic hydroxyl groups is 1. The number of aliphatic hydroxyl groups is 1. The summed E-state index contributed by atoms with van der Waals surface area (Å²) in [7, 11) is 0. The van der Waals surface area contributed by atoms with Crippen molar-refractivity contribution in [2.24, 2.45) is 5.92 Å². The van der Waals surface area contributed by atoms with Crippen molar-refractivity contribution >= 4 is 34.5 Å². The lowest BCUT2D eigenvalue weighted by Gasteiger charge is -2.48. The van der Waals surface area contributed by atoms with E-state index in [2.05, 4.69) is 33.7 Å². The average Bonchev–Trinajstić information content (AvgIpc) is 3.60. The number of aliphatic hydroxyl groups excluding tert-OH is 1. The first-order chi connectivity index (χ1) is 26.3. The molecular weight excluding hydrogens is 683 g/mol. The van der Waals surface area contributed by atoms with Crippen molar-refractivity contribution in [3.8, 4) is 16.9 Å². The third-order valence-corrected chi connectivity index (χ3v) is 11.4. The number of amides is 2. The number of nitrogens with zero attached hydrogens (tertiary/aromatic N) is 3. The summed E-state index contributed by atoms with van der Waals surface area (Å²) in [6.07, 6.45) is 4.49. The third kappa shape index (κ3) is 7.57. The smallest absolute Gasteiger partial charge is 0.412 e. The Morgan fingerprint density at radius 1 is 0.981 bits per heavy atom. The quantitative estimate of drug-likeness (QED) is 0.0634. The molecule has 4 aromatic carbocycles. The Morgan fingerprint density at radius 2 is 1.78 bits per heavy atom. The molecule has 3 saturated heterocycles. The fourth-order valence-electron chi connectivity index (χ4n) is 8.56. The van der Waals surface area contributed by atoms with Gasteiger partial charge in [0.2, 0.25) is 5.91 Å². The summed E-state index contributed by atoms with van der Waals surface area (Å²) in [5, 5.41) is 37.8. The number of unbranched alkanes of at least 4 members (excludes halogenated alkanes) is 1. The van der Waals surface area contributed by atoms with Gasteiger partial charge >= 0.3 is 6.09 Å². The van der Waals surface area contributed by atoms with Crippen molar-refractivity contribution in [1.29, 1.82) is 0 Å². The molecule has 0 unspecified atom stereocenters. The van der Waals surface area contributed by atoms with Gasteiger partial charge in [-0.1, -0.05) is 54.6 Å². The van der Waals surface area contributed by atoms with Gasteiger partial charge in [0.05, 0.1) is 23.5 Å². The zero-order valence-electron chi connectivity index (χ0n) is 30.3. The molecule has 5 N–H and O–H groups in total. The van der Waals surface area contributed by atoms with Crippen molar-refractivity contribution in [3.05, 3.63) is 107 Å². The van der Waals surface area contributed by atoms with Gasteiger partial charge in [0.25, 0.3) is 0 Å². The molecule has 9 rings (SSSR count). The van der Waals surface area contributed by atoms with Crippen LogP contribution in [0.15, 0.2) is 83.3 Å². The lowest BCUT2D eigenvalue weighted by atomic mass is 9.82. The molecule has 0 saturated carbocycles. The minimum absolute atomic E-state index is 0.00811. The summed E-state index contributed by atoms with van der Waals surface area (Å²) in [5.41, 5.74) is 8.25. The number of aryl methyl sites for hydroxylation is 2. The number of hydrogen-bond donors (Lipinski definition) is 5. The van der Waals surface area contributed by atoms with E-state index in [4.69, 9.17) is 9.40 Å². The maximum Gasteiger partial charge on any atom is 0.412 e. The number of piperidine rings is 3. The Hall–Kier alpha value is -5.23. The van der Waals surface area contributed by atoms with E-state index >= 15 is 0 Å². The molecule has 11 nitrogen and oxygen atoms in total. The second-order valence-corrected chi connectivity index (χ2v) is 14.9. The molecule has 54 heavy (non-hydrogen) atoms. The average molecular weight is 730 g/mol. The number of rotatable bonds is 13. The van der Waals surface area contributed by atoms with Gasteiger partial charge in [-0.3, -0.25) is 9.69 Å². The number of hydrogen-bond acceptors (Lipinski definition) is 8. The number of nitrogens with one attached hydrogen (secondary N) is 2. The standard InChI is InChI=1S/C43H47N5O6/c49-37-15-13-32(33-14-17-40(51)46-42(33)37)38(50)25-44-24-28-11-16-39-34(22-28)45-41(54-39)9-5-4-6-27-10-12-31(29-7-2-1-3-8-29)35(23-27)48(43(52)53)36-26-47-20-18-30(36)19-21-47/h1-3,7-8,10-13,15-16,22-23,30,36,38,44,49-50H,4-6,9,14,17-21,24-26H2,(H,46,51)(H,52,53)/t36-,38-/m0/s1. The molecule has 5 heterocycles. The SMILES string of the molecule is O=C1CCc2c([C@@H](O)CNCc3ccc4oc(CCCCc5ccc(-c6ccccc6)c(N(C(=O)O)[C@H]6CN7CCC6CC7)c5)nc4c3)ccc(O)c2N1. The molecule has 280 valence electrons. The van der Waals surface area contributed by atoms with Crippen molar-refractivity contribution in [2.75, 3.05) is 36.4 Å². The molecule has 4 aliphatic rings. The zero-order valence-corrected chi connectivity index (χ0v) is 30.3. The summed E-state index contributed by atoms with van der Waals surface area (Å²) in [6.45, 7) is 3.72. The van der Waals surface area contributed by atoms with Gasteiger partial charge in [-0.15, -0.1) is 0 Å². The number of fused-ring (bicyclic) bond motifs is 5. The van der Waals surface area contributed by atoms with Crippen molar-refractivity contribution < 1.29 is 29.3 Å². The van der Waals surface area contributed by atoms with Crippen LogP contribution in [0.4, 0.5) is 16.2 Å². The number of carbonyl (C=O) groups excluding carboxylic acids is 1. The van der Waals surface area contributed by atoms with Crippen LogP contribution in [0.25, 0.3) is 22.2 Å². The third-order valence-electron chi connectivity index (χ3n) is 11.4. The van der Waals surface area contributed by atoms with Gasteiger partial charge in [-0.05, 0) is 110 Å².